The molecule has 110 valence electrons. The normalized spacial score (nSPS) is 15.0. The van der Waals surface area contributed by atoms with Crippen LogP contribution >= 0.6 is 0 Å². The molecule has 2 aromatic rings. The molecule has 1 unspecified atom stereocenters. The van der Waals surface area contributed by atoms with Gasteiger partial charge in [0.2, 0.25) is 0 Å². The third-order valence-corrected chi connectivity index (χ3v) is 4.28. The number of aryl methyl sites for hydroxylation is 2. The first-order chi connectivity index (χ1) is 10.2. The van der Waals surface area contributed by atoms with Crippen molar-refractivity contribution < 1.29 is 4.74 Å². The number of benzene rings is 2. The molecule has 3 heteroatoms. The quantitative estimate of drug-likeness (QED) is 0.669. The number of fused-ring (bicyclic) bond motifs is 1. The van der Waals surface area contributed by atoms with Crippen LogP contribution < -0.4 is 11.3 Å². The fraction of sp³-hybridized carbons (Fsp3) is 0.333. The molecule has 0 fully saturated rings. The van der Waals surface area contributed by atoms with Crippen LogP contribution in [0.3, 0.4) is 0 Å². The molecule has 3 N–H and O–H groups in total. The summed E-state index contributed by atoms with van der Waals surface area (Å²) in [5.74, 6) is 5.80. The van der Waals surface area contributed by atoms with Crippen molar-refractivity contribution in [2.24, 2.45) is 5.84 Å². The van der Waals surface area contributed by atoms with Gasteiger partial charge < -0.3 is 4.74 Å². The van der Waals surface area contributed by atoms with Gasteiger partial charge in [0.05, 0.1) is 19.3 Å². The minimum absolute atomic E-state index is 0.122. The van der Waals surface area contributed by atoms with Crippen LogP contribution in [0.15, 0.2) is 36.4 Å². The lowest BCUT2D eigenvalue weighted by molar-refractivity contribution is 0.134. The van der Waals surface area contributed by atoms with E-state index in [1.54, 1.807) is 0 Å². The van der Waals surface area contributed by atoms with E-state index < -0.39 is 0 Å². The molecule has 0 amide bonds. The van der Waals surface area contributed by atoms with Crippen LogP contribution in [-0.2, 0) is 24.4 Å². The van der Waals surface area contributed by atoms with Crippen molar-refractivity contribution in [3.63, 3.8) is 0 Å². The Balaban J connectivity index is 1.86. The summed E-state index contributed by atoms with van der Waals surface area (Å²) in [6.45, 7) is 5.72. The lowest BCUT2D eigenvalue weighted by Crippen LogP contribution is -2.29. The highest BCUT2D eigenvalue weighted by Gasteiger charge is 2.16. The second-order valence-corrected chi connectivity index (χ2v) is 5.87. The van der Waals surface area contributed by atoms with Gasteiger partial charge >= 0.3 is 0 Å². The molecule has 3 rings (SSSR count). The number of nitrogens with two attached hydrogens (primary N) is 1. The van der Waals surface area contributed by atoms with Crippen LogP contribution in [0.1, 0.15) is 39.4 Å². The standard InChI is InChI=1S/C18H22N2O/c1-12-3-4-13(2)16(7-12)9-18(20-19)14-5-6-15-10-21-11-17(15)8-14/h3-8,18,20H,9-11,19H2,1-2H3. The first kappa shape index (κ1) is 14.3. The largest absolute Gasteiger partial charge is 0.372 e. The van der Waals surface area contributed by atoms with Crippen molar-refractivity contribution in [2.45, 2.75) is 39.5 Å². The lowest BCUT2D eigenvalue weighted by atomic mass is 9.93. The molecular formula is C18H22N2O. The van der Waals surface area contributed by atoms with Gasteiger partial charge in [0.25, 0.3) is 0 Å². The molecule has 0 spiro atoms. The number of rotatable bonds is 4. The average Bonchev–Trinajstić information content (AvgIpc) is 2.95. The Labute approximate surface area is 126 Å². The van der Waals surface area contributed by atoms with Crippen LogP contribution in [-0.4, -0.2) is 0 Å². The summed E-state index contributed by atoms with van der Waals surface area (Å²) >= 11 is 0. The van der Waals surface area contributed by atoms with Crippen LogP contribution in [0.2, 0.25) is 0 Å². The maximum atomic E-state index is 5.80. The maximum Gasteiger partial charge on any atom is 0.0725 e. The lowest BCUT2D eigenvalue weighted by Gasteiger charge is -2.19. The molecule has 0 bridgehead atoms. The third kappa shape index (κ3) is 3.00. The van der Waals surface area contributed by atoms with Crippen LogP contribution in [0, 0.1) is 13.8 Å². The van der Waals surface area contributed by atoms with Gasteiger partial charge in [0.1, 0.15) is 0 Å². The van der Waals surface area contributed by atoms with Gasteiger partial charge in [-0.3, -0.25) is 11.3 Å². The fourth-order valence-corrected chi connectivity index (χ4v) is 2.92. The van der Waals surface area contributed by atoms with Gasteiger partial charge in [-0.25, -0.2) is 0 Å². The Hall–Kier alpha value is -1.68. The molecule has 0 aromatic heterocycles. The summed E-state index contributed by atoms with van der Waals surface area (Å²) in [4.78, 5) is 0. The average molecular weight is 282 g/mol. The summed E-state index contributed by atoms with van der Waals surface area (Å²) in [7, 11) is 0. The molecule has 0 saturated carbocycles. The monoisotopic (exact) mass is 282 g/mol. The summed E-state index contributed by atoms with van der Waals surface area (Å²) in [5.41, 5.74) is 10.7. The Morgan fingerprint density at radius 2 is 1.90 bits per heavy atom. The van der Waals surface area contributed by atoms with Crippen molar-refractivity contribution in [1.29, 1.82) is 0 Å². The van der Waals surface area contributed by atoms with Crippen molar-refractivity contribution in [2.75, 3.05) is 0 Å². The van der Waals surface area contributed by atoms with E-state index in [1.807, 2.05) is 0 Å². The van der Waals surface area contributed by atoms with Crippen LogP contribution in [0.25, 0.3) is 0 Å². The smallest absolute Gasteiger partial charge is 0.0725 e. The van der Waals surface area contributed by atoms with Crippen molar-refractivity contribution in [3.8, 4) is 0 Å². The molecule has 2 aromatic carbocycles. The Morgan fingerprint density at radius 1 is 1.10 bits per heavy atom. The van der Waals surface area contributed by atoms with E-state index in [1.165, 1.54) is 33.4 Å². The van der Waals surface area contributed by atoms with Crippen LogP contribution in [0.5, 0.6) is 0 Å². The highest BCUT2D eigenvalue weighted by Crippen LogP contribution is 2.26. The maximum absolute atomic E-state index is 5.80. The van der Waals surface area contributed by atoms with Gasteiger partial charge in [-0.15, -0.1) is 0 Å². The highest BCUT2D eigenvalue weighted by molar-refractivity contribution is 5.37. The molecule has 0 aliphatic carbocycles. The molecular weight excluding hydrogens is 260 g/mol. The van der Waals surface area contributed by atoms with E-state index in [0.717, 1.165) is 13.0 Å². The summed E-state index contributed by atoms with van der Waals surface area (Å²) < 4.78 is 5.48. The first-order valence-electron chi connectivity index (χ1n) is 7.39. The minimum Gasteiger partial charge on any atom is -0.372 e. The topological polar surface area (TPSA) is 47.3 Å². The molecule has 1 heterocycles. The molecule has 3 nitrogen and oxygen atoms in total. The van der Waals surface area contributed by atoms with Crippen LogP contribution in [0.4, 0.5) is 0 Å². The van der Waals surface area contributed by atoms with E-state index in [-0.39, 0.29) is 6.04 Å². The zero-order valence-corrected chi connectivity index (χ0v) is 12.6. The zero-order chi connectivity index (χ0) is 14.8. The van der Waals surface area contributed by atoms with E-state index >= 15 is 0 Å². The number of hydrazine groups is 1. The molecule has 21 heavy (non-hydrogen) atoms. The van der Waals surface area contributed by atoms with E-state index in [0.29, 0.717) is 6.61 Å². The van der Waals surface area contributed by atoms with Crippen molar-refractivity contribution in [3.05, 3.63) is 69.8 Å². The third-order valence-electron chi connectivity index (χ3n) is 4.28. The van der Waals surface area contributed by atoms with Gasteiger partial charge in [-0.1, -0.05) is 42.0 Å². The van der Waals surface area contributed by atoms with Crippen molar-refractivity contribution in [1.82, 2.24) is 5.43 Å². The summed E-state index contributed by atoms with van der Waals surface area (Å²) in [5, 5.41) is 0. The molecule has 0 saturated heterocycles. The first-order valence-corrected chi connectivity index (χ1v) is 7.39. The minimum atomic E-state index is 0.122. The number of ether oxygens (including phenoxy) is 1. The highest BCUT2D eigenvalue weighted by atomic mass is 16.5. The number of hydrogen-bond acceptors (Lipinski definition) is 3. The summed E-state index contributed by atoms with van der Waals surface area (Å²) in [6.07, 6.45) is 0.893. The Kier molecular flexibility index (Phi) is 4.06. The fourth-order valence-electron chi connectivity index (χ4n) is 2.92. The van der Waals surface area contributed by atoms with Gasteiger partial charge in [-0.05, 0) is 48.1 Å². The predicted molar refractivity (Wildman–Crippen MR) is 84.6 cm³/mol. The number of nitrogens with one attached hydrogen (secondary N) is 1. The van der Waals surface area contributed by atoms with E-state index in [2.05, 4.69) is 55.7 Å². The number of hydrogen-bond donors (Lipinski definition) is 2. The SMILES string of the molecule is Cc1ccc(C)c(CC(NN)c2ccc3c(c2)COC3)c1. The Bertz CT molecular complexity index is 652. The van der Waals surface area contributed by atoms with E-state index in [9.17, 15) is 0 Å². The van der Waals surface area contributed by atoms with E-state index in [4.69, 9.17) is 10.6 Å². The zero-order valence-electron chi connectivity index (χ0n) is 12.6. The predicted octanol–water partition coefficient (Wildman–Crippen LogP) is 3.08. The van der Waals surface area contributed by atoms with Gasteiger partial charge in [-0.2, -0.15) is 0 Å². The molecule has 1 atom stereocenters. The van der Waals surface area contributed by atoms with Gasteiger partial charge in [0, 0.05) is 0 Å². The molecule has 1 aliphatic rings. The molecule has 1 aliphatic heterocycles. The summed E-state index contributed by atoms with van der Waals surface area (Å²) in [6, 6.07) is 13.2. The molecule has 0 radical (unpaired) electrons. The second-order valence-electron chi connectivity index (χ2n) is 5.87. The second kappa shape index (κ2) is 5.98. The Morgan fingerprint density at radius 3 is 2.71 bits per heavy atom. The van der Waals surface area contributed by atoms with Crippen molar-refractivity contribution >= 4 is 0 Å². The van der Waals surface area contributed by atoms with Gasteiger partial charge in [0.15, 0.2) is 0 Å².